The molecule has 0 aromatic carbocycles. The van der Waals surface area contributed by atoms with E-state index in [4.69, 9.17) is 4.74 Å². The largest absolute Gasteiger partial charge is 0.381 e. The lowest BCUT2D eigenvalue weighted by atomic mass is 10.1. The van der Waals surface area contributed by atoms with Crippen LogP contribution >= 0.6 is 0 Å². The van der Waals surface area contributed by atoms with Crippen molar-refractivity contribution in [2.75, 3.05) is 26.3 Å². The molecular formula is C16H27N3O3. The van der Waals surface area contributed by atoms with E-state index in [0.717, 1.165) is 58.3 Å². The molecule has 124 valence electrons. The van der Waals surface area contributed by atoms with Gasteiger partial charge in [-0.15, -0.1) is 0 Å². The van der Waals surface area contributed by atoms with Crippen LogP contribution < -0.4 is 5.32 Å². The van der Waals surface area contributed by atoms with Crippen LogP contribution in [0, 0.1) is 0 Å². The molecule has 3 rings (SSSR count). The normalized spacial score (nSPS) is 26.0. The molecule has 3 fully saturated rings. The zero-order valence-corrected chi connectivity index (χ0v) is 13.4. The second kappa shape index (κ2) is 6.86. The second-order valence-electron chi connectivity index (χ2n) is 6.73. The lowest BCUT2D eigenvalue weighted by Gasteiger charge is -2.32. The van der Waals surface area contributed by atoms with Gasteiger partial charge >= 0.3 is 6.03 Å². The maximum atomic E-state index is 12.5. The van der Waals surface area contributed by atoms with Crippen molar-refractivity contribution in [2.45, 2.75) is 63.6 Å². The molecule has 0 aromatic rings. The third-order valence-corrected chi connectivity index (χ3v) is 4.99. The second-order valence-corrected chi connectivity index (χ2v) is 6.73. The molecule has 2 aliphatic heterocycles. The number of rotatable bonds is 4. The van der Waals surface area contributed by atoms with Crippen molar-refractivity contribution in [3.63, 3.8) is 0 Å². The number of urea groups is 1. The van der Waals surface area contributed by atoms with Gasteiger partial charge in [0.25, 0.3) is 0 Å². The molecule has 6 nitrogen and oxygen atoms in total. The fourth-order valence-corrected chi connectivity index (χ4v) is 3.54. The predicted molar refractivity (Wildman–Crippen MR) is 82.5 cm³/mol. The number of carbonyl (C=O) groups is 2. The van der Waals surface area contributed by atoms with E-state index in [1.165, 1.54) is 0 Å². The summed E-state index contributed by atoms with van der Waals surface area (Å²) in [4.78, 5) is 28.2. The predicted octanol–water partition coefficient (Wildman–Crippen LogP) is 1.35. The van der Waals surface area contributed by atoms with Crippen LogP contribution in [0.3, 0.4) is 0 Å². The topological polar surface area (TPSA) is 61.9 Å². The van der Waals surface area contributed by atoms with Crippen molar-refractivity contribution >= 4 is 11.9 Å². The fourth-order valence-electron chi connectivity index (χ4n) is 3.54. The summed E-state index contributed by atoms with van der Waals surface area (Å²) >= 11 is 0. The summed E-state index contributed by atoms with van der Waals surface area (Å²) in [6.07, 6.45) is 6.04. The first-order chi connectivity index (χ1) is 10.6. The number of ether oxygens (including phenoxy) is 1. The fraction of sp³-hybridized carbons (Fsp3) is 0.875. The van der Waals surface area contributed by atoms with E-state index in [1.807, 2.05) is 9.80 Å². The standard InChI is InChI=1S/C16H27N3O3/c1-12(20)19(14-4-5-14)11-15-3-2-8-18(15)16(21)17-13-6-9-22-10-7-13/h13-15H,2-11H2,1H3,(H,17,21). The van der Waals surface area contributed by atoms with Gasteiger partial charge in [-0.3, -0.25) is 4.79 Å². The molecule has 2 saturated heterocycles. The third kappa shape index (κ3) is 3.72. The van der Waals surface area contributed by atoms with Crippen LogP contribution in [0.5, 0.6) is 0 Å². The van der Waals surface area contributed by atoms with E-state index in [9.17, 15) is 9.59 Å². The summed E-state index contributed by atoms with van der Waals surface area (Å²) in [6, 6.07) is 0.853. The molecule has 3 amide bonds. The lowest BCUT2D eigenvalue weighted by molar-refractivity contribution is -0.130. The molecule has 0 bridgehead atoms. The van der Waals surface area contributed by atoms with Gasteiger partial charge in [0.2, 0.25) is 5.91 Å². The van der Waals surface area contributed by atoms with Crippen LogP contribution in [0.15, 0.2) is 0 Å². The Kier molecular flexibility index (Phi) is 4.86. The first kappa shape index (κ1) is 15.6. The first-order valence-corrected chi connectivity index (χ1v) is 8.57. The van der Waals surface area contributed by atoms with E-state index < -0.39 is 0 Å². The van der Waals surface area contributed by atoms with Gasteiger partial charge in [0.05, 0.1) is 6.04 Å². The number of hydrogen-bond donors (Lipinski definition) is 1. The molecule has 6 heteroatoms. The number of amides is 3. The number of carbonyl (C=O) groups excluding carboxylic acids is 2. The van der Waals surface area contributed by atoms with Gasteiger partial charge in [-0.2, -0.15) is 0 Å². The highest BCUT2D eigenvalue weighted by molar-refractivity contribution is 5.76. The van der Waals surface area contributed by atoms with Gasteiger partial charge < -0.3 is 19.9 Å². The molecule has 1 atom stereocenters. The molecule has 1 N–H and O–H groups in total. The Morgan fingerprint density at radius 1 is 1.18 bits per heavy atom. The molecule has 0 radical (unpaired) electrons. The quantitative estimate of drug-likeness (QED) is 0.853. The highest BCUT2D eigenvalue weighted by Gasteiger charge is 2.37. The number of likely N-dealkylation sites (tertiary alicyclic amines) is 1. The van der Waals surface area contributed by atoms with Crippen molar-refractivity contribution in [3.8, 4) is 0 Å². The third-order valence-electron chi connectivity index (χ3n) is 4.99. The number of hydrogen-bond acceptors (Lipinski definition) is 3. The van der Waals surface area contributed by atoms with Gasteiger partial charge in [0.15, 0.2) is 0 Å². The summed E-state index contributed by atoms with van der Waals surface area (Å²) in [5.41, 5.74) is 0. The van der Waals surface area contributed by atoms with Crippen LogP contribution in [0.4, 0.5) is 4.79 Å². The van der Waals surface area contributed by atoms with Gasteiger partial charge in [0, 0.05) is 45.3 Å². The Balaban J connectivity index is 1.54. The Morgan fingerprint density at radius 2 is 1.91 bits per heavy atom. The lowest BCUT2D eigenvalue weighted by Crippen LogP contribution is -2.51. The molecule has 2 heterocycles. The van der Waals surface area contributed by atoms with Gasteiger partial charge in [-0.05, 0) is 38.5 Å². The maximum absolute atomic E-state index is 12.5. The average molecular weight is 309 g/mol. The van der Waals surface area contributed by atoms with Crippen LogP contribution in [-0.4, -0.2) is 66.2 Å². The van der Waals surface area contributed by atoms with E-state index in [0.29, 0.717) is 12.6 Å². The Labute approximate surface area is 132 Å². The van der Waals surface area contributed by atoms with Crippen LogP contribution in [0.25, 0.3) is 0 Å². The Bertz CT molecular complexity index is 419. The summed E-state index contributed by atoms with van der Waals surface area (Å²) < 4.78 is 5.33. The molecule has 1 aliphatic carbocycles. The smallest absolute Gasteiger partial charge is 0.317 e. The minimum Gasteiger partial charge on any atom is -0.381 e. The Hall–Kier alpha value is -1.30. The van der Waals surface area contributed by atoms with Crippen molar-refractivity contribution in [1.29, 1.82) is 0 Å². The SMILES string of the molecule is CC(=O)N(CC1CCCN1C(=O)NC1CCOCC1)C1CC1. The van der Waals surface area contributed by atoms with E-state index in [1.54, 1.807) is 6.92 Å². The van der Waals surface area contributed by atoms with Crippen molar-refractivity contribution in [1.82, 2.24) is 15.1 Å². The first-order valence-electron chi connectivity index (χ1n) is 8.57. The van der Waals surface area contributed by atoms with Crippen LogP contribution in [0.1, 0.15) is 45.4 Å². The minimum absolute atomic E-state index is 0.0358. The summed E-state index contributed by atoms with van der Waals surface area (Å²) in [5.74, 6) is 0.138. The molecule has 22 heavy (non-hydrogen) atoms. The zero-order chi connectivity index (χ0) is 15.5. The van der Waals surface area contributed by atoms with E-state index in [2.05, 4.69) is 5.32 Å². The molecule has 3 aliphatic rings. The Morgan fingerprint density at radius 3 is 2.55 bits per heavy atom. The van der Waals surface area contributed by atoms with Crippen molar-refractivity contribution in [3.05, 3.63) is 0 Å². The molecule has 1 saturated carbocycles. The van der Waals surface area contributed by atoms with Crippen molar-refractivity contribution in [2.24, 2.45) is 0 Å². The van der Waals surface area contributed by atoms with Crippen LogP contribution in [0.2, 0.25) is 0 Å². The van der Waals surface area contributed by atoms with Gasteiger partial charge in [-0.1, -0.05) is 0 Å². The molecular weight excluding hydrogens is 282 g/mol. The monoisotopic (exact) mass is 309 g/mol. The average Bonchev–Trinajstić information content (AvgIpc) is 3.23. The summed E-state index contributed by atoms with van der Waals surface area (Å²) in [6.45, 7) is 4.60. The highest BCUT2D eigenvalue weighted by atomic mass is 16.5. The summed E-state index contributed by atoms with van der Waals surface area (Å²) in [7, 11) is 0. The minimum atomic E-state index is 0.0358. The zero-order valence-electron chi connectivity index (χ0n) is 13.4. The number of nitrogens with one attached hydrogen (secondary N) is 1. The van der Waals surface area contributed by atoms with Gasteiger partial charge in [-0.25, -0.2) is 4.79 Å². The maximum Gasteiger partial charge on any atom is 0.317 e. The summed E-state index contributed by atoms with van der Waals surface area (Å²) in [5, 5.41) is 3.14. The number of nitrogens with zero attached hydrogens (tertiary/aromatic N) is 2. The highest BCUT2D eigenvalue weighted by Crippen LogP contribution is 2.29. The molecule has 0 aromatic heterocycles. The van der Waals surface area contributed by atoms with Crippen LogP contribution in [-0.2, 0) is 9.53 Å². The van der Waals surface area contributed by atoms with E-state index in [-0.39, 0.29) is 24.0 Å². The van der Waals surface area contributed by atoms with Gasteiger partial charge in [0.1, 0.15) is 0 Å². The molecule has 1 unspecified atom stereocenters. The van der Waals surface area contributed by atoms with Crippen molar-refractivity contribution < 1.29 is 14.3 Å². The van der Waals surface area contributed by atoms with E-state index >= 15 is 0 Å². The molecule has 0 spiro atoms.